The summed E-state index contributed by atoms with van der Waals surface area (Å²) in [4.78, 5) is 11.6. The van der Waals surface area contributed by atoms with Gasteiger partial charge < -0.3 is 11.1 Å². The molecule has 1 rings (SSSR count). The molecule has 0 aliphatic carbocycles. The summed E-state index contributed by atoms with van der Waals surface area (Å²) in [5, 5.41) is 2.77. The highest BCUT2D eigenvalue weighted by Gasteiger charge is 2.06. The van der Waals surface area contributed by atoms with Gasteiger partial charge in [-0.2, -0.15) is 0 Å². The largest absolute Gasteiger partial charge is 0.350 e. The SMILES string of the molecule is Cc1cc(C(=O)NCC(C)N)ccc1Br. The molecule has 3 N–H and O–H groups in total. The van der Waals surface area contributed by atoms with Crippen LogP contribution in [0.3, 0.4) is 0 Å². The molecule has 1 aromatic rings. The summed E-state index contributed by atoms with van der Waals surface area (Å²) in [6.07, 6.45) is 0. The lowest BCUT2D eigenvalue weighted by molar-refractivity contribution is 0.0951. The molecule has 1 aromatic carbocycles. The first-order valence-corrected chi connectivity index (χ1v) is 5.60. The van der Waals surface area contributed by atoms with E-state index < -0.39 is 0 Å². The van der Waals surface area contributed by atoms with Crippen molar-refractivity contribution in [1.29, 1.82) is 0 Å². The van der Waals surface area contributed by atoms with Crippen LogP contribution >= 0.6 is 15.9 Å². The lowest BCUT2D eigenvalue weighted by atomic mass is 10.1. The number of aryl methyl sites for hydroxylation is 1. The summed E-state index contributed by atoms with van der Waals surface area (Å²) < 4.78 is 1.01. The van der Waals surface area contributed by atoms with Crippen molar-refractivity contribution in [2.75, 3.05) is 6.54 Å². The number of halogens is 1. The van der Waals surface area contributed by atoms with Crippen molar-refractivity contribution in [3.05, 3.63) is 33.8 Å². The summed E-state index contributed by atoms with van der Waals surface area (Å²) in [6.45, 7) is 4.30. The average Bonchev–Trinajstić information content (AvgIpc) is 2.18. The van der Waals surface area contributed by atoms with Crippen LogP contribution in [0.25, 0.3) is 0 Å². The van der Waals surface area contributed by atoms with E-state index in [0.717, 1.165) is 10.0 Å². The second-order valence-electron chi connectivity index (χ2n) is 3.65. The molecule has 4 heteroatoms. The Morgan fingerprint density at radius 2 is 2.27 bits per heavy atom. The highest BCUT2D eigenvalue weighted by molar-refractivity contribution is 9.10. The lowest BCUT2D eigenvalue weighted by Gasteiger charge is -2.08. The number of carbonyl (C=O) groups excluding carboxylic acids is 1. The van der Waals surface area contributed by atoms with Crippen LogP contribution in [-0.4, -0.2) is 18.5 Å². The molecule has 0 radical (unpaired) electrons. The molecule has 0 fully saturated rings. The molecule has 0 saturated carbocycles. The maximum Gasteiger partial charge on any atom is 0.251 e. The normalized spacial score (nSPS) is 12.3. The minimum atomic E-state index is -0.0806. The van der Waals surface area contributed by atoms with E-state index in [1.165, 1.54) is 0 Å². The molecule has 0 aliphatic heterocycles. The van der Waals surface area contributed by atoms with Gasteiger partial charge in [0, 0.05) is 22.6 Å². The Morgan fingerprint density at radius 3 is 2.80 bits per heavy atom. The Balaban J connectivity index is 2.70. The Hall–Kier alpha value is -0.870. The monoisotopic (exact) mass is 270 g/mol. The van der Waals surface area contributed by atoms with Gasteiger partial charge >= 0.3 is 0 Å². The highest BCUT2D eigenvalue weighted by atomic mass is 79.9. The zero-order chi connectivity index (χ0) is 11.4. The van der Waals surface area contributed by atoms with Crippen LogP contribution in [0.5, 0.6) is 0 Å². The summed E-state index contributed by atoms with van der Waals surface area (Å²) in [5.41, 5.74) is 7.26. The Morgan fingerprint density at radius 1 is 1.60 bits per heavy atom. The first kappa shape index (κ1) is 12.2. The summed E-state index contributed by atoms with van der Waals surface area (Å²) in [7, 11) is 0. The highest BCUT2D eigenvalue weighted by Crippen LogP contribution is 2.16. The fourth-order valence-corrected chi connectivity index (χ4v) is 1.39. The van der Waals surface area contributed by atoms with Crippen LogP contribution in [0.4, 0.5) is 0 Å². The van der Waals surface area contributed by atoms with Gasteiger partial charge in [0.25, 0.3) is 5.91 Å². The zero-order valence-corrected chi connectivity index (χ0v) is 10.5. The van der Waals surface area contributed by atoms with Gasteiger partial charge in [0.15, 0.2) is 0 Å². The quantitative estimate of drug-likeness (QED) is 0.881. The van der Waals surface area contributed by atoms with Gasteiger partial charge in [-0.15, -0.1) is 0 Å². The van der Waals surface area contributed by atoms with Crippen molar-refractivity contribution in [3.8, 4) is 0 Å². The van der Waals surface area contributed by atoms with Gasteiger partial charge in [-0.25, -0.2) is 0 Å². The lowest BCUT2D eigenvalue weighted by Crippen LogP contribution is -2.35. The molecule has 0 saturated heterocycles. The van der Waals surface area contributed by atoms with Crippen LogP contribution in [0.1, 0.15) is 22.8 Å². The van der Waals surface area contributed by atoms with Crippen LogP contribution in [-0.2, 0) is 0 Å². The van der Waals surface area contributed by atoms with Crippen molar-refractivity contribution in [1.82, 2.24) is 5.32 Å². The van der Waals surface area contributed by atoms with E-state index in [1.54, 1.807) is 6.07 Å². The standard InChI is InChI=1S/C11H15BrN2O/c1-7-5-9(3-4-10(7)12)11(15)14-6-8(2)13/h3-5,8H,6,13H2,1-2H3,(H,14,15). The molecule has 0 aliphatic rings. The van der Waals surface area contributed by atoms with Gasteiger partial charge in [-0.05, 0) is 37.6 Å². The molecule has 0 heterocycles. The third kappa shape index (κ3) is 3.64. The van der Waals surface area contributed by atoms with E-state index in [1.807, 2.05) is 26.0 Å². The second-order valence-corrected chi connectivity index (χ2v) is 4.51. The van der Waals surface area contributed by atoms with Crippen LogP contribution in [0.2, 0.25) is 0 Å². The minimum Gasteiger partial charge on any atom is -0.350 e. The fraction of sp³-hybridized carbons (Fsp3) is 0.364. The predicted molar refractivity (Wildman–Crippen MR) is 64.9 cm³/mol. The van der Waals surface area contributed by atoms with Gasteiger partial charge in [0.2, 0.25) is 0 Å². The molecule has 0 aromatic heterocycles. The number of nitrogens with two attached hydrogens (primary N) is 1. The smallest absolute Gasteiger partial charge is 0.251 e. The van der Waals surface area contributed by atoms with Crippen molar-refractivity contribution in [2.24, 2.45) is 5.73 Å². The Labute approximate surface area is 98.2 Å². The number of rotatable bonds is 3. The third-order valence-corrected chi connectivity index (χ3v) is 2.89. The summed E-state index contributed by atoms with van der Waals surface area (Å²) >= 11 is 3.39. The molecule has 0 spiro atoms. The molecule has 15 heavy (non-hydrogen) atoms. The number of nitrogens with one attached hydrogen (secondary N) is 1. The van der Waals surface area contributed by atoms with Gasteiger partial charge in [-0.3, -0.25) is 4.79 Å². The average molecular weight is 271 g/mol. The van der Waals surface area contributed by atoms with Crippen molar-refractivity contribution in [3.63, 3.8) is 0 Å². The molecule has 3 nitrogen and oxygen atoms in total. The molecule has 82 valence electrons. The summed E-state index contributed by atoms with van der Waals surface area (Å²) in [5.74, 6) is -0.0806. The van der Waals surface area contributed by atoms with Gasteiger partial charge in [0.05, 0.1) is 0 Å². The molecular formula is C11H15BrN2O. The predicted octanol–water partition coefficient (Wildman–Crippen LogP) is 1.83. The van der Waals surface area contributed by atoms with E-state index in [2.05, 4.69) is 21.2 Å². The van der Waals surface area contributed by atoms with Crippen molar-refractivity contribution in [2.45, 2.75) is 19.9 Å². The number of benzene rings is 1. The van der Waals surface area contributed by atoms with E-state index in [0.29, 0.717) is 12.1 Å². The van der Waals surface area contributed by atoms with Crippen molar-refractivity contribution < 1.29 is 4.79 Å². The second kappa shape index (κ2) is 5.28. The first-order valence-electron chi connectivity index (χ1n) is 4.80. The maximum absolute atomic E-state index is 11.6. The van der Waals surface area contributed by atoms with E-state index >= 15 is 0 Å². The fourth-order valence-electron chi connectivity index (χ4n) is 1.14. The number of amides is 1. The van der Waals surface area contributed by atoms with Crippen LogP contribution in [0.15, 0.2) is 22.7 Å². The molecule has 1 atom stereocenters. The Kier molecular flexibility index (Phi) is 4.29. The van der Waals surface area contributed by atoms with Crippen LogP contribution < -0.4 is 11.1 Å². The zero-order valence-electron chi connectivity index (χ0n) is 8.88. The minimum absolute atomic E-state index is 0.0227. The molecule has 0 bridgehead atoms. The van der Waals surface area contributed by atoms with Gasteiger partial charge in [0.1, 0.15) is 0 Å². The van der Waals surface area contributed by atoms with E-state index in [4.69, 9.17) is 5.73 Å². The topological polar surface area (TPSA) is 55.1 Å². The van der Waals surface area contributed by atoms with Crippen molar-refractivity contribution >= 4 is 21.8 Å². The number of hydrogen-bond donors (Lipinski definition) is 2. The summed E-state index contributed by atoms with van der Waals surface area (Å²) in [6, 6.07) is 5.48. The number of hydrogen-bond acceptors (Lipinski definition) is 2. The first-order chi connectivity index (χ1) is 7.00. The third-order valence-electron chi connectivity index (χ3n) is 2.00. The van der Waals surface area contributed by atoms with E-state index in [9.17, 15) is 4.79 Å². The molecule has 1 amide bonds. The molecular weight excluding hydrogens is 256 g/mol. The maximum atomic E-state index is 11.6. The van der Waals surface area contributed by atoms with Gasteiger partial charge in [-0.1, -0.05) is 15.9 Å². The van der Waals surface area contributed by atoms with E-state index in [-0.39, 0.29) is 11.9 Å². The molecule has 1 unspecified atom stereocenters. The number of carbonyl (C=O) groups is 1. The van der Waals surface area contributed by atoms with Crippen LogP contribution in [0, 0.1) is 6.92 Å². The Bertz CT molecular complexity index is 364.